The van der Waals surface area contributed by atoms with Gasteiger partial charge in [-0.2, -0.15) is 0 Å². The van der Waals surface area contributed by atoms with E-state index in [4.69, 9.17) is 9.15 Å². The van der Waals surface area contributed by atoms with Gasteiger partial charge in [0, 0.05) is 28.2 Å². The average Bonchev–Trinajstić information content (AvgIpc) is 3.25. The van der Waals surface area contributed by atoms with Crippen LogP contribution in [-0.2, 0) is 0 Å². The molecule has 7 heteroatoms. The van der Waals surface area contributed by atoms with Gasteiger partial charge >= 0.3 is 0 Å². The maximum Gasteiger partial charge on any atom is 0.274 e. The van der Waals surface area contributed by atoms with Gasteiger partial charge in [-0.05, 0) is 44.0 Å². The second kappa shape index (κ2) is 8.01. The van der Waals surface area contributed by atoms with Crippen LogP contribution in [0.1, 0.15) is 62.6 Å². The third-order valence-corrected chi connectivity index (χ3v) is 7.76. The van der Waals surface area contributed by atoms with Gasteiger partial charge in [0.25, 0.3) is 5.56 Å². The first kappa shape index (κ1) is 21.3. The van der Waals surface area contributed by atoms with Crippen LogP contribution < -0.4 is 15.7 Å². The second-order valence-corrected chi connectivity index (χ2v) is 10.0. The van der Waals surface area contributed by atoms with Gasteiger partial charge in [0.2, 0.25) is 0 Å². The number of rotatable bonds is 2. The lowest BCUT2D eigenvalue weighted by Gasteiger charge is -2.25. The number of furan rings is 1. The van der Waals surface area contributed by atoms with Gasteiger partial charge in [0.05, 0.1) is 16.9 Å². The SMILES string of the molecule is C[C@@H]1Oc2ccccc2C=C1c1c2oc3cc(=O)ccc3c2[nH]c2c1c(=O)[nH]n2C1CCCCCC1. The molecule has 0 bridgehead atoms. The topological polar surface area (TPSA) is 93.0 Å². The zero-order valence-corrected chi connectivity index (χ0v) is 20.1. The van der Waals surface area contributed by atoms with Crippen molar-refractivity contribution in [1.82, 2.24) is 14.8 Å². The molecular formula is C29H27N3O4. The molecule has 3 aromatic heterocycles. The van der Waals surface area contributed by atoms with E-state index in [1.54, 1.807) is 12.1 Å². The van der Waals surface area contributed by atoms with Crippen molar-refractivity contribution in [3.05, 3.63) is 74.2 Å². The number of aromatic amines is 2. The standard InChI is InChI=1S/C29H27N3O4/c1-16-21(14-17-8-6-7-11-22(17)35-16)24-25-28(32(31-29(25)34)18-9-4-2-3-5-10-18)30-26-20-13-12-19(33)15-23(20)36-27(24)26/h6-8,11-16,18,30H,2-5,9-10H2,1H3,(H,31,34)/t16-/m0/s1. The Morgan fingerprint density at radius 1 is 1.00 bits per heavy atom. The number of ether oxygens (including phenoxy) is 1. The van der Waals surface area contributed by atoms with Gasteiger partial charge in [-0.3, -0.25) is 19.4 Å². The summed E-state index contributed by atoms with van der Waals surface area (Å²) in [4.78, 5) is 29.2. The quantitative estimate of drug-likeness (QED) is 0.297. The Morgan fingerprint density at radius 3 is 2.64 bits per heavy atom. The number of aromatic nitrogens is 3. The number of H-pyrrole nitrogens is 2. The lowest BCUT2D eigenvalue weighted by molar-refractivity contribution is 0.275. The lowest BCUT2D eigenvalue weighted by Crippen LogP contribution is -2.19. The summed E-state index contributed by atoms with van der Waals surface area (Å²) in [5, 5.41) is 4.54. The van der Waals surface area contributed by atoms with Gasteiger partial charge < -0.3 is 14.1 Å². The van der Waals surface area contributed by atoms with E-state index in [1.165, 1.54) is 18.9 Å². The fraction of sp³-hybridized carbons (Fsp3) is 0.310. The van der Waals surface area contributed by atoms with Gasteiger partial charge in [-0.1, -0.05) is 43.9 Å². The van der Waals surface area contributed by atoms with Gasteiger partial charge in [-0.15, -0.1) is 0 Å². The summed E-state index contributed by atoms with van der Waals surface area (Å²) in [6, 6.07) is 13.0. The third-order valence-electron chi connectivity index (χ3n) is 7.76. The van der Waals surface area contributed by atoms with Gasteiger partial charge in [0.1, 0.15) is 23.1 Å². The van der Waals surface area contributed by atoms with Crippen molar-refractivity contribution in [3.8, 4) is 5.75 Å². The van der Waals surface area contributed by atoms with Crippen LogP contribution in [0, 0.1) is 0 Å². The normalized spacial score (nSPS) is 18.8. The van der Waals surface area contributed by atoms with Gasteiger partial charge in [-0.25, -0.2) is 0 Å². The van der Waals surface area contributed by atoms with E-state index in [-0.39, 0.29) is 23.1 Å². The molecule has 4 heterocycles. The minimum Gasteiger partial charge on any atom is -0.485 e. The van der Waals surface area contributed by atoms with E-state index >= 15 is 0 Å². The molecule has 1 aliphatic carbocycles. The van der Waals surface area contributed by atoms with Crippen LogP contribution in [0.2, 0.25) is 0 Å². The second-order valence-electron chi connectivity index (χ2n) is 10.0. The minimum atomic E-state index is -0.294. The monoisotopic (exact) mass is 481 g/mol. The molecule has 0 unspecified atom stereocenters. The first-order valence-corrected chi connectivity index (χ1v) is 12.8. The molecule has 0 saturated heterocycles. The summed E-state index contributed by atoms with van der Waals surface area (Å²) in [5.74, 6) is 0.814. The number of pyridine rings is 1. The first-order valence-electron chi connectivity index (χ1n) is 12.8. The Kier molecular flexibility index (Phi) is 4.74. The van der Waals surface area contributed by atoms with Crippen molar-refractivity contribution >= 4 is 44.8 Å². The maximum absolute atomic E-state index is 13.6. The number of hydrogen-bond donors (Lipinski definition) is 2. The molecule has 0 radical (unpaired) electrons. The van der Waals surface area contributed by atoms with Crippen molar-refractivity contribution in [2.24, 2.45) is 0 Å². The molecule has 2 aliphatic rings. The molecule has 36 heavy (non-hydrogen) atoms. The number of fused-ring (bicyclic) bond motifs is 5. The Hall–Kier alpha value is -4.00. The fourth-order valence-corrected chi connectivity index (χ4v) is 6.00. The van der Waals surface area contributed by atoms with E-state index in [0.717, 1.165) is 64.7 Å². The van der Waals surface area contributed by atoms with Crippen LogP contribution in [0.5, 0.6) is 5.75 Å². The smallest absolute Gasteiger partial charge is 0.274 e. The Morgan fingerprint density at radius 2 is 1.81 bits per heavy atom. The summed E-state index contributed by atoms with van der Waals surface area (Å²) in [5.41, 5.74) is 4.89. The van der Waals surface area contributed by atoms with Crippen LogP contribution >= 0.6 is 0 Å². The molecule has 1 saturated carbocycles. The number of benzene rings is 2. The van der Waals surface area contributed by atoms with E-state index in [1.807, 2.05) is 35.9 Å². The van der Waals surface area contributed by atoms with Crippen LogP contribution in [0.3, 0.4) is 0 Å². The summed E-state index contributed by atoms with van der Waals surface area (Å²) in [7, 11) is 0. The Balaban J connectivity index is 1.59. The van der Waals surface area contributed by atoms with Crippen molar-refractivity contribution < 1.29 is 9.15 Å². The molecule has 7 nitrogen and oxygen atoms in total. The lowest BCUT2D eigenvalue weighted by atomic mass is 9.93. The number of nitrogens with one attached hydrogen (secondary N) is 2. The summed E-state index contributed by atoms with van der Waals surface area (Å²) >= 11 is 0. The third kappa shape index (κ3) is 3.19. The molecule has 0 amide bonds. The maximum atomic E-state index is 13.6. The molecule has 182 valence electrons. The largest absolute Gasteiger partial charge is 0.485 e. The predicted octanol–water partition coefficient (Wildman–Crippen LogP) is 6.13. The molecule has 2 N–H and O–H groups in total. The van der Waals surface area contributed by atoms with E-state index in [0.29, 0.717) is 16.6 Å². The van der Waals surface area contributed by atoms with Crippen LogP contribution in [0.15, 0.2) is 56.5 Å². The summed E-state index contributed by atoms with van der Waals surface area (Å²) in [6.07, 6.45) is 8.60. The molecule has 7 rings (SSSR count). The van der Waals surface area contributed by atoms with Gasteiger partial charge in [0.15, 0.2) is 11.0 Å². The average molecular weight is 482 g/mol. The van der Waals surface area contributed by atoms with Crippen LogP contribution in [-0.4, -0.2) is 20.9 Å². The van der Waals surface area contributed by atoms with Crippen LogP contribution in [0.4, 0.5) is 0 Å². The molecule has 1 fully saturated rings. The van der Waals surface area contributed by atoms with Crippen molar-refractivity contribution in [3.63, 3.8) is 0 Å². The molecule has 1 aliphatic heterocycles. The zero-order valence-electron chi connectivity index (χ0n) is 20.1. The van der Waals surface area contributed by atoms with Crippen molar-refractivity contribution in [1.29, 1.82) is 0 Å². The number of nitrogens with zero attached hydrogens (tertiary/aromatic N) is 1. The fourth-order valence-electron chi connectivity index (χ4n) is 6.00. The first-order chi connectivity index (χ1) is 17.6. The highest BCUT2D eigenvalue weighted by molar-refractivity contribution is 6.13. The summed E-state index contributed by atoms with van der Waals surface area (Å²) in [6.45, 7) is 1.99. The molecular weight excluding hydrogens is 454 g/mol. The van der Waals surface area contributed by atoms with E-state index in [9.17, 15) is 9.59 Å². The van der Waals surface area contributed by atoms with Crippen molar-refractivity contribution in [2.45, 2.75) is 57.6 Å². The molecule has 2 aromatic carbocycles. The molecule has 1 atom stereocenters. The summed E-state index contributed by atoms with van der Waals surface area (Å²) < 4.78 is 14.6. The Bertz CT molecular complexity index is 1790. The number of para-hydroxylation sites is 1. The highest BCUT2D eigenvalue weighted by Gasteiger charge is 2.30. The van der Waals surface area contributed by atoms with Crippen LogP contribution in [0.25, 0.3) is 44.8 Å². The molecule has 0 spiro atoms. The predicted molar refractivity (Wildman–Crippen MR) is 142 cm³/mol. The van der Waals surface area contributed by atoms with E-state index in [2.05, 4.69) is 16.2 Å². The zero-order chi connectivity index (χ0) is 24.4. The molecule has 5 aromatic rings. The highest BCUT2D eigenvalue weighted by atomic mass is 16.5. The highest BCUT2D eigenvalue weighted by Crippen LogP contribution is 2.42. The number of hydrogen-bond acceptors (Lipinski definition) is 4. The Labute approximate surface area is 206 Å². The minimum absolute atomic E-state index is 0.115. The van der Waals surface area contributed by atoms with E-state index < -0.39 is 0 Å². The van der Waals surface area contributed by atoms with Crippen molar-refractivity contribution in [2.75, 3.05) is 0 Å².